The maximum absolute atomic E-state index is 10.5. The minimum atomic E-state index is -0.885. The van der Waals surface area contributed by atoms with E-state index in [9.17, 15) is 5.11 Å². The lowest BCUT2D eigenvalue weighted by Gasteiger charge is -2.25. The topological polar surface area (TPSA) is 38.7 Å². The molecule has 0 spiro atoms. The van der Waals surface area contributed by atoms with Crippen molar-refractivity contribution in [1.82, 2.24) is 0 Å². The van der Waals surface area contributed by atoms with Crippen LogP contribution in [0.2, 0.25) is 0 Å². The molecule has 0 aliphatic carbocycles. The number of hydrogen-bond donors (Lipinski definition) is 1. The zero-order chi connectivity index (χ0) is 11.8. The zero-order valence-electron chi connectivity index (χ0n) is 10.0. The summed E-state index contributed by atoms with van der Waals surface area (Å²) in [6.45, 7) is 5.01. The van der Waals surface area contributed by atoms with Crippen molar-refractivity contribution in [2.75, 3.05) is 20.3 Å². The highest BCUT2D eigenvalue weighted by Gasteiger charge is 2.37. The van der Waals surface area contributed by atoms with Gasteiger partial charge in [-0.1, -0.05) is 12.1 Å². The van der Waals surface area contributed by atoms with Crippen molar-refractivity contribution in [3.8, 4) is 5.75 Å². The van der Waals surface area contributed by atoms with Crippen molar-refractivity contribution < 1.29 is 14.6 Å². The maximum Gasteiger partial charge on any atom is 0.128 e. The number of aryl methyl sites for hydroxylation is 1. The monoisotopic (exact) mass is 222 g/mol. The summed E-state index contributed by atoms with van der Waals surface area (Å²) in [6, 6.07) is 3.96. The molecule has 0 amide bonds. The van der Waals surface area contributed by atoms with Crippen LogP contribution in [0.3, 0.4) is 0 Å². The summed E-state index contributed by atoms with van der Waals surface area (Å²) in [7, 11) is 1.64. The first-order chi connectivity index (χ1) is 7.58. The molecular weight excluding hydrogens is 204 g/mol. The Morgan fingerprint density at radius 2 is 2.12 bits per heavy atom. The molecule has 2 rings (SSSR count). The molecule has 0 radical (unpaired) electrons. The highest BCUT2D eigenvalue weighted by Crippen LogP contribution is 2.38. The SMILES string of the molecule is COc1c(C2(O)CCOC2)ccc(C)c1C. The number of ether oxygens (including phenoxy) is 2. The summed E-state index contributed by atoms with van der Waals surface area (Å²) in [5.74, 6) is 0.785. The van der Waals surface area contributed by atoms with E-state index >= 15 is 0 Å². The molecule has 1 unspecified atom stereocenters. The first-order valence-corrected chi connectivity index (χ1v) is 5.53. The number of hydrogen-bond acceptors (Lipinski definition) is 3. The van der Waals surface area contributed by atoms with Gasteiger partial charge in [0.05, 0.1) is 13.7 Å². The number of methoxy groups -OCH3 is 1. The van der Waals surface area contributed by atoms with E-state index in [1.54, 1.807) is 7.11 Å². The van der Waals surface area contributed by atoms with Crippen LogP contribution in [0.25, 0.3) is 0 Å². The molecule has 1 aromatic rings. The van der Waals surface area contributed by atoms with Crippen molar-refractivity contribution in [1.29, 1.82) is 0 Å². The Hall–Kier alpha value is -1.06. The van der Waals surface area contributed by atoms with E-state index in [4.69, 9.17) is 9.47 Å². The van der Waals surface area contributed by atoms with E-state index in [0.717, 1.165) is 16.9 Å². The van der Waals surface area contributed by atoms with Gasteiger partial charge in [0.2, 0.25) is 0 Å². The number of benzene rings is 1. The van der Waals surface area contributed by atoms with E-state index < -0.39 is 5.60 Å². The molecule has 88 valence electrons. The fourth-order valence-electron chi connectivity index (χ4n) is 2.19. The van der Waals surface area contributed by atoms with Gasteiger partial charge in [0.1, 0.15) is 11.4 Å². The molecule has 1 saturated heterocycles. The molecule has 1 aliphatic heterocycles. The van der Waals surface area contributed by atoms with Gasteiger partial charge in [-0.05, 0) is 25.0 Å². The molecule has 1 N–H and O–H groups in total. The van der Waals surface area contributed by atoms with E-state index in [1.165, 1.54) is 5.56 Å². The van der Waals surface area contributed by atoms with Gasteiger partial charge in [-0.2, -0.15) is 0 Å². The van der Waals surface area contributed by atoms with Gasteiger partial charge in [-0.25, -0.2) is 0 Å². The molecule has 1 aliphatic rings. The first-order valence-electron chi connectivity index (χ1n) is 5.53. The van der Waals surface area contributed by atoms with Crippen LogP contribution in [0.4, 0.5) is 0 Å². The third-order valence-corrected chi connectivity index (χ3v) is 3.38. The van der Waals surface area contributed by atoms with Crippen molar-refractivity contribution in [3.63, 3.8) is 0 Å². The third kappa shape index (κ3) is 1.70. The summed E-state index contributed by atoms with van der Waals surface area (Å²) in [4.78, 5) is 0. The van der Waals surface area contributed by atoms with Gasteiger partial charge >= 0.3 is 0 Å². The van der Waals surface area contributed by atoms with Gasteiger partial charge in [-0.3, -0.25) is 0 Å². The van der Waals surface area contributed by atoms with Gasteiger partial charge < -0.3 is 14.6 Å². The summed E-state index contributed by atoms with van der Waals surface area (Å²) in [5.41, 5.74) is 2.21. The van der Waals surface area contributed by atoms with E-state index in [1.807, 2.05) is 26.0 Å². The molecule has 3 nitrogen and oxygen atoms in total. The zero-order valence-corrected chi connectivity index (χ0v) is 10.0. The second-order valence-corrected chi connectivity index (χ2v) is 4.42. The molecule has 16 heavy (non-hydrogen) atoms. The van der Waals surface area contributed by atoms with Gasteiger partial charge in [0.25, 0.3) is 0 Å². The minimum Gasteiger partial charge on any atom is -0.496 e. The molecule has 1 atom stereocenters. The first kappa shape index (κ1) is 11.4. The second-order valence-electron chi connectivity index (χ2n) is 4.42. The molecule has 0 saturated carbocycles. The molecule has 1 fully saturated rings. The quantitative estimate of drug-likeness (QED) is 0.831. The summed E-state index contributed by atoms with van der Waals surface area (Å²) in [5, 5.41) is 10.5. The Balaban J connectivity index is 2.52. The minimum absolute atomic E-state index is 0.353. The molecule has 0 aromatic heterocycles. The normalized spacial score (nSPS) is 24.8. The van der Waals surface area contributed by atoms with Gasteiger partial charge in [0.15, 0.2) is 0 Å². The average molecular weight is 222 g/mol. The van der Waals surface area contributed by atoms with Crippen LogP contribution in [-0.4, -0.2) is 25.4 Å². The predicted octanol–water partition coefficient (Wildman–Crippen LogP) is 1.92. The van der Waals surface area contributed by atoms with Gasteiger partial charge in [0, 0.05) is 18.6 Å². The average Bonchev–Trinajstić information content (AvgIpc) is 2.70. The largest absolute Gasteiger partial charge is 0.496 e. The van der Waals surface area contributed by atoms with Crippen LogP contribution >= 0.6 is 0 Å². The standard InChI is InChI=1S/C13H18O3/c1-9-4-5-11(12(15-3)10(9)2)13(14)6-7-16-8-13/h4-5,14H,6-8H2,1-3H3. The Morgan fingerprint density at radius 3 is 2.69 bits per heavy atom. The molecule has 3 heteroatoms. The third-order valence-electron chi connectivity index (χ3n) is 3.38. The fourth-order valence-corrected chi connectivity index (χ4v) is 2.19. The van der Waals surface area contributed by atoms with Crippen molar-refractivity contribution in [2.24, 2.45) is 0 Å². The van der Waals surface area contributed by atoms with E-state index in [0.29, 0.717) is 19.6 Å². The Labute approximate surface area is 96.0 Å². The molecule has 1 heterocycles. The predicted molar refractivity (Wildman–Crippen MR) is 61.8 cm³/mol. The van der Waals surface area contributed by atoms with Crippen molar-refractivity contribution in [2.45, 2.75) is 25.9 Å². The number of rotatable bonds is 2. The van der Waals surface area contributed by atoms with Crippen LogP contribution in [0, 0.1) is 13.8 Å². The molecule has 0 bridgehead atoms. The Bertz CT molecular complexity index is 392. The Morgan fingerprint density at radius 1 is 1.38 bits per heavy atom. The lowest BCUT2D eigenvalue weighted by Crippen LogP contribution is -2.26. The van der Waals surface area contributed by atoms with Crippen LogP contribution in [0.5, 0.6) is 5.75 Å². The highest BCUT2D eigenvalue weighted by atomic mass is 16.5. The molecule has 1 aromatic carbocycles. The van der Waals surface area contributed by atoms with Crippen molar-refractivity contribution in [3.05, 3.63) is 28.8 Å². The Kier molecular flexibility index (Phi) is 2.91. The maximum atomic E-state index is 10.5. The van der Waals surface area contributed by atoms with Crippen LogP contribution < -0.4 is 4.74 Å². The molecular formula is C13H18O3. The number of aliphatic hydroxyl groups is 1. The summed E-state index contributed by atoms with van der Waals surface area (Å²) in [6.07, 6.45) is 0.631. The second kappa shape index (κ2) is 4.07. The van der Waals surface area contributed by atoms with Crippen LogP contribution in [0.15, 0.2) is 12.1 Å². The van der Waals surface area contributed by atoms with E-state index in [2.05, 4.69) is 0 Å². The summed E-state index contributed by atoms with van der Waals surface area (Å²) >= 11 is 0. The van der Waals surface area contributed by atoms with Gasteiger partial charge in [-0.15, -0.1) is 0 Å². The van der Waals surface area contributed by atoms with E-state index in [-0.39, 0.29) is 0 Å². The highest BCUT2D eigenvalue weighted by molar-refractivity contribution is 5.48. The van der Waals surface area contributed by atoms with Crippen molar-refractivity contribution >= 4 is 0 Å². The van der Waals surface area contributed by atoms with Crippen LogP contribution in [0.1, 0.15) is 23.1 Å². The lowest BCUT2D eigenvalue weighted by atomic mass is 9.89. The smallest absolute Gasteiger partial charge is 0.128 e. The summed E-state index contributed by atoms with van der Waals surface area (Å²) < 4.78 is 10.7. The lowest BCUT2D eigenvalue weighted by molar-refractivity contribution is 0.0211. The van der Waals surface area contributed by atoms with Crippen LogP contribution in [-0.2, 0) is 10.3 Å². The fraction of sp³-hybridized carbons (Fsp3) is 0.538.